The molecular formula is C26H24N4O5. The molecule has 0 radical (unpaired) electrons. The van der Waals surface area contributed by atoms with Gasteiger partial charge in [0.25, 0.3) is 5.91 Å². The Morgan fingerprint density at radius 1 is 1.11 bits per heavy atom. The third-order valence-corrected chi connectivity index (χ3v) is 5.06. The summed E-state index contributed by atoms with van der Waals surface area (Å²) in [7, 11) is 0. The molecule has 9 nitrogen and oxygen atoms in total. The second kappa shape index (κ2) is 10.5. The summed E-state index contributed by atoms with van der Waals surface area (Å²) in [6.45, 7) is 3.46. The standard InChI is InChI=1S/C26H24N4O5/c1-3-27-26(33)28-25(32)17(2)34-23(31)14-13-19-16-30(20-10-5-4-6-11-20)29-24(19)22-15-18-9-7-8-12-21(18)35-22/h4-17H,3H2,1-2H3,(H2,27,28,32,33)/b14-13+. The molecule has 178 valence electrons. The highest BCUT2D eigenvalue weighted by Gasteiger charge is 2.19. The van der Waals surface area contributed by atoms with Crippen LogP contribution in [-0.2, 0) is 14.3 Å². The van der Waals surface area contributed by atoms with Gasteiger partial charge in [-0.05, 0) is 44.2 Å². The molecule has 0 fully saturated rings. The second-order valence-corrected chi connectivity index (χ2v) is 7.62. The van der Waals surface area contributed by atoms with E-state index in [-0.39, 0.29) is 0 Å². The second-order valence-electron chi connectivity index (χ2n) is 7.62. The Morgan fingerprint density at radius 3 is 2.60 bits per heavy atom. The smallest absolute Gasteiger partial charge is 0.331 e. The van der Waals surface area contributed by atoms with Crippen molar-refractivity contribution in [1.82, 2.24) is 20.4 Å². The van der Waals surface area contributed by atoms with Gasteiger partial charge in [0, 0.05) is 29.8 Å². The molecule has 0 saturated carbocycles. The summed E-state index contributed by atoms with van der Waals surface area (Å²) in [5.41, 5.74) is 2.71. The van der Waals surface area contributed by atoms with E-state index in [2.05, 4.69) is 15.7 Å². The number of carbonyl (C=O) groups is 3. The lowest BCUT2D eigenvalue weighted by molar-refractivity contribution is -0.149. The van der Waals surface area contributed by atoms with Crippen LogP contribution in [-0.4, -0.2) is 40.3 Å². The van der Waals surface area contributed by atoms with Gasteiger partial charge in [-0.15, -0.1) is 0 Å². The maximum Gasteiger partial charge on any atom is 0.331 e. The number of imide groups is 1. The molecular weight excluding hydrogens is 448 g/mol. The summed E-state index contributed by atoms with van der Waals surface area (Å²) < 4.78 is 12.8. The van der Waals surface area contributed by atoms with Gasteiger partial charge < -0.3 is 14.5 Å². The number of benzene rings is 2. The molecule has 2 N–H and O–H groups in total. The Balaban J connectivity index is 1.57. The van der Waals surface area contributed by atoms with Gasteiger partial charge in [-0.2, -0.15) is 5.10 Å². The van der Waals surface area contributed by atoms with Gasteiger partial charge >= 0.3 is 12.0 Å². The molecule has 4 rings (SSSR count). The fraction of sp³-hybridized carbons (Fsp3) is 0.154. The predicted molar refractivity (Wildman–Crippen MR) is 131 cm³/mol. The summed E-state index contributed by atoms with van der Waals surface area (Å²) in [6.07, 6.45) is 3.36. The van der Waals surface area contributed by atoms with Crippen LogP contribution in [0.1, 0.15) is 19.4 Å². The van der Waals surface area contributed by atoms with E-state index in [9.17, 15) is 14.4 Å². The van der Waals surface area contributed by atoms with E-state index < -0.39 is 24.0 Å². The van der Waals surface area contributed by atoms with E-state index in [4.69, 9.17) is 9.15 Å². The van der Waals surface area contributed by atoms with E-state index in [1.165, 1.54) is 13.0 Å². The largest absolute Gasteiger partial charge is 0.454 e. The molecule has 2 heterocycles. The van der Waals surface area contributed by atoms with Gasteiger partial charge in [-0.3, -0.25) is 10.1 Å². The molecule has 35 heavy (non-hydrogen) atoms. The lowest BCUT2D eigenvalue weighted by Crippen LogP contribution is -2.44. The van der Waals surface area contributed by atoms with Crippen LogP contribution in [0.4, 0.5) is 4.79 Å². The maximum atomic E-state index is 12.4. The zero-order valence-electron chi connectivity index (χ0n) is 19.2. The van der Waals surface area contributed by atoms with Gasteiger partial charge in [0.15, 0.2) is 11.9 Å². The number of para-hydroxylation sites is 2. The van der Waals surface area contributed by atoms with Crippen molar-refractivity contribution in [2.45, 2.75) is 20.0 Å². The van der Waals surface area contributed by atoms with E-state index in [1.807, 2.05) is 60.7 Å². The van der Waals surface area contributed by atoms with Crippen LogP contribution in [0.5, 0.6) is 0 Å². The van der Waals surface area contributed by atoms with Gasteiger partial charge in [0.1, 0.15) is 11.3 Å². The summed E-state index contributed by atoms with van der Waals surface area (Å²) in [5, 5.41) is 10.1. The van der Waals surface area contributed by atoms with Crippen LogP contribution in [0, 0.1) is 0 Å². The van der Waals surface area contributed by atoms with Crippen molar-refractivity contribution in [2.75, 3.05) is 6.54 Å². The van der Waals surface area contributed by atoms with E-state index in [1.54, 1.807) is 23.9 Å². The minimum Gasteiger partial charge on any atom is -0.454 e. The van der Waals surface area contributed by atoms with Crippen molar-refractivity contribution in [3.05, 3.63) is 78.5 Å². The summed E-state index contributed by atoms with van der Waals surface area (Å²) in [5.74, 6) is -0.923. The highest BCUT2D eigenvalue weighted by atomic mass is 16.5. The number of rotatable bonds is 7. The number of nitrogens with one attached hydrogen (secondary N) is 2. The molecule has 0 aliphatic rings. The van der Waals surface area contributed by atoms with Crippen molar-refractivity contribution in [3.63, 3.8) is 0 Å². The Kier molecular flexibility index (Phi) is 7.06. The SMILES string of the molecule is CCNC(=O)NC(=O)C(C)OC(=O)/C=C/c1cn(-c2ccccc2)nc1-c1cc2ccccc2o1. The number of ether oxygens (including phenoxy) is 1. The quantitative estimate of drug-likeness (QED) is 0.309. The minimum atomic E-state index is -1.16. The maximum absolute atomic E-state index is 12.4. The molecule has 2 aromatic heterocycles. The molecule has 0 aliphatic heterocycles. The van der Waals surface area contributed by atoms with Crippen LogP contribution in [0.15, 0.2) is 77.4 Å². The monoisotopic (exact) mass is 472 g/mol. The highest BCUT2D eigenvalue weighted by molar-refractivity contribution is 5.98. The number of hydrogen-bond acceptors (Lipinski definition) is 6. The molecule has 3 amide bonds. The first-order chi connectivity index (χ1) is 16.9. The third-order valence-electron chi connectivity index (χ3n) is 5.06. The topological polar surface area (TPSA) is 115 Å². The van der Waals surface area contributed by atoms with Gasteiger partial charge in [-0.25, -0.2) is 14.3 Å². The van der Waals surface area contributed by atoms with Crippen molar-refractivity contribution >= 4 is 35.0 Å². The first-order valence-corrected chi connectivity index (χ1v) is 11.1. The summed E-state index contributed by atoms with van der Waals surface area (Å²) >= 11 is 0. The normalized spacial score (nSPS) is 11.9. The third kappa shape index (κ3) is 5.64. The first-order valence-electron chi connectivity index (χ1n) is 11.1. The number of esters is 1. The fourth-order valence-electron chi connectivity index (χ4n) is 3.36. The molecule has 2 aromatic carbocycles. The highest BCUT2D eigenvalue weighted by Crippen LogP contribution is 2.30. The number of amides is 3. The molecule has 9 heteroatoms. The van der Waals surface area contributed by atoms with Crippen molar-refractivity contribution in [1.29, 1.82) is 0 Å². The molecule has 0 spiro atoms. The number of furan rings is 1. The predicted octanol–water partition coefficient (Wildman–Crippen LogP) is 4.08. The Morgan fingerprint density at radius 2 is 1.86 bits per heavy atom. The van der Waals surface area contributed by atoms with E-state index >= 15 is 0 Å². The van der Waals surface area contributed by atoms with Gasteiger partial charge in [0.2, 0.25) is 0 Å². The number of hydrogen-bond donors (Lipinski definition) is 2. The number of nitrogens with zero attached hydrogens (tertiary/aromatic N) is 2. The first kappa shape index (κ1) is 23.5. The fourth-order valence-corrected chi connectivity index (χ4v) is 3.36. The van der Waals surface area contributed by atoms with Crippen molar-refractivity contribution < 1.29 is 23.5 Å². The van der Waals surface area contributed by atoms with Gasteiger partial charge in [0.05, 0.1) is 5.69 Å². The Bertz CT molecular complexity index is 1350. The molecule has 1 unspecified atom stereocenters. The zero-order chi connectivity index (χ0) is 24.8. The number of urea groups is 1. The van der Waals surface area contributed by atoms with Crippen molar-refractivity contribution in [2.24, 2.45) is 0 Å². The van der Waals surface area contributed by atoms with E-state index in [0.29, 0.717) is 23.6 Å². The minimum absolute atomic E-state index is 0.361. The average molecular weight is 473 g/mol. The summed E-state index contributed by atoms with van der Waals surface area (Å²) in [4.78, 5) is 35.9. The lowest BCUT2D eigenvalue weighted by atomic mass is 10.2. The number of aromatic nitrogens is 2. The molecule has 0 bridgehead atoms. The number of carbonyl (C=O) groups excluding carboxylic acids is 3. The number of fused-ring (bicyclic) bond motifs is 1. The molecule has 0 aliphatic carbocycles. The van der Waals surface area contributed by atoms with E-state index in [0.717, 1.165) is 16.7 Å². The van der Waals surface area contributed by atoms with Crippen LogP contribution >= 0.6 is 0 Å². The molecule has 0 saturated heterocycles. The Hall–Kier alpha value is -4.66. The van der Waals surface area contributed by atoms with Crippen LogP contribution in [0.25, 0.3) is 34.2 Å². The Labute approximate surface area is 201 Å². The molecule has 4 aromatic rings. The van der Waals surface area contributed by atoms with Crippen molar-refractivity contribution in [3.8, 4) is 17.1 Å². The summed E-state index contributed by atoms with van der Waals surface area (Å²) in [6, 6.07) is 18.4. The average Bonchev–Trinajstić information content (AvgIpc) is 3.47. The zero-order valence-corrected chi connectivity index (χ0v) is 19.2. The van der Waals surface area contributed by atoms with Crippen LogP contribution in [0.2, 0.25) is 0 Å². The van der Waals surface area contributed by atoms with Gasteiger partial charge in [-0.1, -0.05) is 36.4 Å². The van der Waals surface area contributed by atoms with Crippen LogP contribution < -0.4 is 10.6 Å². The lowest BCUT2D eigenvalue weighted by Gasteiger charge is -2.11. The van der Waals surface area contributed by atoms with Crippen LogP contribution in [0.3, 0.4) is 0 Å². The molecule has 1 atom stereocenters.